The van der Waals surface area contributed by atoms with E-state index in [1.54, 1.807) is 24.3 Å². The van der Waals surface area contributed by atoms with Crippen molar-refractivity contribution >= 4 is 11.8 Å². The first-order chi connectivity index (χ1) is 9.27. The van der Waals surface area contributed by atoms with Gasteiger partial charge in [-0.15, -0.1) is 5.06 Å². The minimum atomic E-state index is -0.418. The topological polar surface area (TPSA) is 65.1 Å². The van der Waals surface area contributed by atoms with E-state index in [2.05, 4.69) is 0 Å². The molecular weight excluding hydrogens is 250 g/mol. The number of hydroxylamine groups is 2. The lowest BCUT2D eigenvalue weighted by Crippen LogP contribution is -2.35. The zero-order valence-electron chi connectivity index (χ0n) is 10.2. The predicted octanol–water partition coefficient (Wildman–Crippen LogP) is 0.835. The Labute approximate surface area is 109 Å². The molecule has 0 bridgehead atoms. The number of carbonyl (C=O) groups excluding carboxylic acids is 2. The monoisotopic (exact) mass is 263 g/mol. The molecular formula is C13H13NO5. The van der Waals surface area contributed by atoms with Crippen molar-refractivity contribution in [1.82, 2.24) is 5.06 Å². The summed E-state index contributed by atoms with van der Waals surface area (Å²) in [5, 5.41) is 0.819. The van der Waals surface area contributed by atoms with Gasteiger partial charge in [-0.2, -0.15) is 0 Å². The van der Waals surface area contributed by atoms with Gasteiger partial charge in [-0.1, -0.05) is 12.1 Å². The maximum Gasteiger partial charge on any atom is 0.285 e. The molecule has 0 spiro atoms. The van der Waals surface area contributed by atoms with Crippen LogP contribution in [0.5, 0.6) is 0 Å². The Morgan fingerprint density at radius 2 is 1.68 bits per heavy atom. The van der Waals surface area contributed by atoms with Crippen LogP contribution in [0.4, 0.5) is 0 Å². The first-order valence-electron chi connectivity index (χ1n) is 6.03. The number of fused-ring (bicyclic) bond motifs is 1. The first kappa shape index (κ1) is 12.3. The SMILES string of the molecule is O=C1c2ccccc2C(=O)N1OCC1COCOC1. The summed E-state index contributed by atoms with van der Waals surface area (Å²) < 4.78 is 10.2. The molecule has 2 aliphatic heterocycles. The molecule has 2 aliphatic rings. The van der Waals surface area contributed by atoms with Crippen LogP contribution >= 0.6 is 0 Å². The second-order valence-electron chi connectivity index (χ2n) is 4.47. The number of ether oxygens (including phenoxy) is 2. The first-order valence-corrected chi connectivity index (χ1v) is 6.03. The lowest BCUT2D eigenvalue weighted by molar-refractivity contribution is -0.166. The summed E-state index contributed by atoms with van der Waals surface area (Å²) in [5.41, 5.74) is 0.757. The lowest BCUT2D eigenvalue weighted by Gasteiger charge is -2.23. The molecule has 0 saturated carbocycles. The molecule has 1 aromatic rings. The van der Waals surface area contributed by atoms with Crippen LogP contribution in [0.2, 0.25) is 0 Å². The molecule has 100 valence electrons. The third-order valence-corrected chi connectivity index (χ3v) is 3.07. The van der Waals surface area contributed by atoms with Crippen LogP contribution in [-0.2, 0) is 14.3 Å². The molecule has 0 aromatic heterocycles. The highest BCUT2D eigenvalue weighted by molar-refractivity contribution is 6.20. The Balaban J connectivity index is 1.67. The average molecular weight is 263 g/mol. The van der Waals surface area contributed by atoms with E-state index in [1.165, 1.54) is 0 Å². The molecule has 0 radical (unpaired) electrons. The smallest absolute Gasteiger partial charge is 0.285 e. The third-order valence-electron chi connectivity index (χ3n) is 3.07. The van der Waals surface area contributed by atoms with Gasteiger partial charge in [0.15, 0.2) is 0 Å². The van der Waals surface area contributed by atoms with Gasteiger partial charge in [0.05, 0.1) is 30.9 Å². The summed E-state index contributed by atoms with van der Waals surface area (Å²) in [7, 11) is 0. The molecule has 0 atom stereocenters. The zero-order valence-corrected chi connectivity index (χ0v) is 10.2. The average Bonchev–Trinajstić information content (AvgIpc) is 2.71. The molecule has 0 N–H and O–H groups in total. The van der Waals surface area contributed by atoms with Crippen LogP contribution in [0.15, 0.2) is 24.3 Å². The number of amides is 2. The van der Waals surface area contributed by atoms with Gasteiger partial charge in [0.2, 0.25) is 0 Å². The fourth-order valence-electron chi connectivity index (χ4n) is 2.10. The van der Waals surface area contributed by atoms with Crippen molar-refractivity contribution in [3.8, 4) is 0 Å². The van der Waals surface area contributed by atoms with Gasteiger partial charge < -0.3 is 9.47 Å². The highest BCUT2D eigenvalue weighted by Gasteiger charge is 2.37. The largest absolute Gasteiger partial charge is 0.355 e. The molecule has 19 heavy (non-hydrogen) atoms. The van der Waals surface area contributed by atoms with Crippen LogP contribution in [0.3, 0.4) is 0 Å². The minimum absolute atomic E-state index is 0.0260. The van der Waals surface area contributed by atoms with E-state index in [0.717, 1.165) is 5.06 Å². The second kappa shape index (κ2) is 5.08. The van der Waals surface area contributed by atoms with Gasteiger partial charge >= 0.3 is 0 Å². The van der Waals surface area contributed by atoms with Crippen molar-refractivity contribution in [1.29, 1.82) is 0 Å². The molecule has 6 heteroatoms. The Kier molecular flexibility index (Phi) is 3.29. The van der Waals surface area contributed by atoms with Gasteiger partial charge in [0.1, 0.15) is 6.79 Å². The van der Waals surface area contributed by atoms with Gasteiger partial charge in [-0.3, -0.25) is 14.4 Å². The number of rotatable bonds is 3. The van der Waals surface area contributed by atoms with Gasteiger partial charge in [0.25, 0.3) is 11.8 Å². The van der Waals surface area contributed by atoms with Crippen molar-refractivity contribution in [3.05, 3.63) is 35.4 Å². The highest BCUT2D eigenvalue weighted by atomic mass is 16.7. The zero-order chi connectivity index (χ0) is 13.2. The van der Waals surface area contributed by atoms with E-state index in [0.29, 0.717) is 24.3 Å². The van der Waals surface area contributed by atoms with Crippen molar-refractivity contribution in [2.45, 2.75) is 0 Å². The number of hydrogen-bond donors (Lipinski definition) is 0. The van der Waals surface area contributed by atoms with E-state index in [-0.39, 0.29) is 19.3 Å². The number of imide groups is 1. The summed E-state index contributed by atoms with van der Waals surface area (Å²) in [6, 6.07) is 6.67. The van der Waals surface area contributed by atoms with Gasteiger partial charge in [0, 0.05) is 5.92 Å². The van der Waals surface area contributed by atoms with Gasteiger partial charge in [-0.05, 0) is 12.1 Å². The van der Waals surface area contributed by atoms with E-state index in [4.69, 9.17) is 14.3 Å². The Hall–Kier alpha value is -1.76. The van der Waals surface area contributed by atoms with E-state index in [9.17, 15) is 9.59 Å². The van der Waals surface area contributed by atoms with Crippen molar-refractivity contribution in [2.75, 3.05) is 26.6 Å². The quantitative estimate of drug-likeness (QED) is 0.756. The molecule has 6 nitrogen and oxygen atoms in total. The van der Waals surface area contributed by atoms with E-state index in [1.807, 2.05) is 0 Å². The summed E-state index contributed by atoms with van der Waals surface area (Å²) in [6.07, 6.45) is 0. The molecule has 0 unspecified atom stereocenters. The Bertz CT molecular complexity index is 475. The van der Waals surface area contributed by atoms with E-state index < -0.39 is 11.8 Å². The van der Waals surface area contributed by atoms with Crippen molar-refractivity contribution < 1.29 is 23.9 Å². The maximum absolute atomic E-state index is 12.0. The van der Waals surface area contributed by atoms with Crippen molar-refractivity contribution in [3.63, 3.8) is 0 Å². The fourth-order valence-corrected chi connectivity index (χ4v) is 2.10. The fraction of sp³-hybridized carbons (Fsp3) is 0.385. The summed E-state index contributed by atoms with van der Waals surface area (Å²) in [5.74, 6) is -0.811. The standard InChI is InChI=1S/C13H13NO5/c15-12-10-3-1-2-4-11(10)13(16)14(12)19-7-9-5-17-8-18-6-9/h1-4,9H,5-8H2. The molecule has 3 rings (SSSR count). The molecule has 2 amide bonds. The lowest BCUT2D eigenvalue weighted by atomic mass is 10.1. The number of hydrogen-bond acceptors (Lipinski definition) is 5. The van der Waals surface area contributed by atoms with Crippen LogP contribution in [-0.4, -0.2) is 43.5 Å². The molecule has 1 saturated heterocycles. The van der Waals surface area contributed by atoms with Crippen molar-refractivity contribution in [2.24, 2.45) is 5.92 Å². The normalized spacial score (nSPS) is 19.9. The number of carbonyl (C=O) groups is 2. The summed E-state index contributed by atoms with van der Waals surface area (Å²) in [6.45, 7) is 1.50. The Morgan fingerprint density at radius 1 is 1.11 bits per heavy atom. The minimum Gasteiger partial charge on any atom is -0.355 e. The molecule has 2 heterocycles. The molecule has 0 aliphatic carbocycles. The highest BCUT2D eigenvalue weighted by Crippen LogP contribution is 2.23. The maximum atomic E-state index is 12.0. The Morgan fingerprint density at radius 3 is 2.26 bits per heavy atom. The summed E-state index contributed by atoms with van der Waals surface area (Å²) >= 11 is 0. The van der Waals surface area contributed by atoms with Crippen LogP contribution in [0, 0.1) is 5.92 Å². The summed E-state index contributed by atoms with van der Waals surface area (Å²) in [4.78, 5) is 29.3. The van der Waals surface area contributed by atoms with E-state index >= 15 is 0 Å². The van der Waals surface area contributed by atoms with Crippen LogP contribution in [0.25, 0.3) is 0 Å². The van der Waals surface area contributed by atoms with Gasteiger partial charge in [-0.25, -0.2) is 0 Å². The second-order valence-corrected chi connectivity index (χ2v) is 4.47. The van der Waals surface area contributed by atoms with Crippen LogP contribution in [0.1, 0.15) is 20.7 Å². The number of nitrogens with zero attached hydrogens (tertiary/aromatic N) is 1. The predicted molar refractivity (Wildman–Crippen MR) is 63.2 cm³/mol. The third kappa shape index (κ3) is 2.25. The van der Waals surface area contributed by atoms with Crippen LogP contribution < -0.4 is 0 Å². The molecule has 1 aromatic carbocycles. The molecule has 1 fully saturated rings. The number of benzene rings is 1.